The Morgan fingerprint density at radius 2 is 2.06 bits per heavy atom. The van der Waals surface area contributed by atoms with Gasteiger partial charge in [0, 0.05) is 18.3 Å². The van der Waals surface area contributed by atoms with Gasteiger partial charge in [0.05, 0.1) is 0 Å². The van der Waals surface area contributed by atoms with Crippen molar-refractivity contribution in [2.24, 2.45) is 7.05 Å². The van der Waals surface area contributed by atoms with Crippen LogP contribution in [0, 0.1) is 13.8 Å². The van der Waals surface area contributed by atoms with E-state index in [4.69, 9.17) is 4.42 Å². The summed E-state index contributed by atoms with van der Waals surface area (Å²) in [5.41, 5.74) is 3.21. The Balaban J connectivity index is 0.00000128. The molecule has 0 amide bonds. The van der Waals surface area contributed by atoms with Crippen molar-refractivity contribution in [3.63, 3.8) is 0 Å². The molecule has 86 valence electrons. The van der Waals surface area contributed by atoms with Crippen molar-refractivity contribution in [2.45, 2.75) is 21.3 Å². The van der Waals surface area contributed by atoms with E-state index in [1.165, 1.54) is 0 Å². The number of hydrogen-bond donors (Lipinski definition) is 0. The Hall–Kier alpha value is -1.77. The van der Waals surface area contributed by atoms with Crippen LogP contribution in [0.1, 0.15) is 24.4 Å². The van der Waals surface area contributed by atoms with E-state index >= 15 is 0 Å². The normalized spacial score (nSPS) is 9.94. The van der Waals surface area contributed by atoms with Crippen molar-refractivity contribution < 1.29 is 4.42 Å². The highest BCUT2D eigenvalue weighted by atomic mass is 16.3. The largest absolute Gasteiger partial charge is 0.455 e. The average Bonchev–Trinajstić information content (AvgIpc) is 2.79. The first-order chi connectivity index (χ1) is 7.13. The monoisotopic (exact) mass is 218 g/mol. The first-order valence-electron chi connectivity index (χ1n) is 4.86. The fourth-order valence-electron chi connectivity index (χ4n) is 1.54. The molecule has 2 aromatic rings. The zero-order chi connectivity index (χ0) is 11.0. The molecule has 0 bridgehead atoms. The van der Waals surface area contributed by atoms with Crippen molar-refractivity contribution in [1.29, 1.82) is 0 Å². The SMILES string of the molecule is C.C=Cc1ccc(-c2nn(C)c(C)c2C)o1. The fraction of sp³-hybridized carbons (Fsp3) is 0.308. The Morgan fingerprint density at radius 1 is 1.38 bits per heavy atom. The van der Waals surface area contributed by atoms with E-state index in [0.29, 0.717) is 0 Å². The fourth-order valence-corrected chi connectivity index (χ4v) is 1.54. The van der Waals surface area contributed by atoms with Gasteiger partial charge < -0.3 is 4.42 Å². The Morgan fingerprint density at radius 3 is 2.50 bits per heavy atom. The van der Waals surface area contributed by atoms with Gasteiger partial charge in [0.15, 0.2) is 5.76 Å². The van der Waals surface area contributed by atoms with Crippen molar-refractivity contribution in [3.05, 3.63) is 35.7 Å². The zero-order valence-corrected chi connectivity index (χ0v) is 9.24. The molecule has 2 aromatic heterocycles. The van der Waals surface area contributed by atoms with E-state index in [1.807, 2.05) is 37.7 Å². The summed E-state index contributed by atoms with van der Waals surface area (Å²) in [6, 6.07) is 3.82. The van der Waals surface area contributed by atoms with Gasteiger partial charge in [-0.1, -0.05) is 14.0 Å². The second-order valence-electron chi connectivity index (χ2n) is 3.59. The third kappa shape index (κ3) is 1.81. The quantitative estimate of drug-likeness (QED) is 0.771. The van der Waals surface area contributed by atoms with Crippen LogP contribution in [0.15, 0.2) is 23.1 Å². The highest BCUT2D eigenvalue weighted by Gasteiger charge is 2.13. The van der Waals surface area contributed by atoms with Crippen LogP contribution in [0.2, 0.25) is 0 Å². The van der Waals surface area contributed by atoms with E-state index in [9.17, 15) is 0 Å². The van der Waals surface area contributed by atoms with Gasteiger partial charge >= 0.3 is 0 Å². The Labute approximate surface area is 96.4 Å². The van der Waals surface area contributed by atoms with Gasteiger partial charge in [-0.25, -0.2) is 0 Å². The van der Waals surface area contributed by atoms with E-state index < -0.39 is 0 Å². The van der Waals surface area contributed by atoms with Crippen LogP contribution >= 0.6 is 0 Å². The molecule has 3 nitrogen and oxygen atoms in total. The maximum atomic E-state index is 5.57. The molecule has 0 spiro atoms. The van der Waals surface area contributed by atoms with Gasteiger partial charge in [-0.2, -0.15) is 5.10 Å². The average molecular weight is 218 g/mol. The number of furan rings is 1. The van der Waals surface area contributed by atoms with Gasteiger partial charge in [-0.15, -0.1) is 0 Å². The number of aromatic nitrogens is 2. The summed E-state index contributed by atoms with van der Waals surface area (Å²) in [4.78, 5) is 0. The molecule has 0 aliphatic heterocycles. The maximum absolute atomic E-state index is 5.57. The molecule has 0 aliphatic carbocycles. The highest BCUT2D eigenvalue weighted by molar-refractivity contribution is 5.60. The van der Waals surface area contributed by atoms with Crippen molar-refractivity contribution in [2.75, 3.05) is 0 Å². The zero-order valence-electron chi connectivity index (χ0n) is 9.24. The summed E-state index contributed by atoms with van der Waals surface area (Å²) in [5.74, 6) is 1.57. The molecule has 16 heavy (non-hydrogen) atoms. The minimum absolute atomic E-state index is 0. The van der Waals surface area contributed by atoms with Crippen molar-refractivity contribution in [3.8, 4) is 11.5 Å². The summed E-state index contributed by atoms with van der Waals surface area (Å²) in [5, 5.41) is 4.42. The molecule has 2 rings (SSSR count). The lowest BCUT2D eigenvalue weighted by Gasteiger charge is -1.92. The molecule has 0 saturated carbocycles. The molecule has 3 heteroatoms. The number of aryl methyl sites for hydroxylation is 1. The lowest BCUT2D eigenvalue weighted by atomic mass is 10.2. The van der Waals surface area contributed by atoms with Gasteiger partial charge in [0.1, 0.15) is 11.5 Å². The summed E-state index contributed by atoms with van der Waals surface area (Å²) in [6.07, 6.45) is 1.69. The molecule has 0 fully saturated rings. The van der Waals surface area contributed by atoms with Crippen LogP contribution in [-0.4, -0.2) is 9.78 Å². The first kappa shape index (κ1) is 12.3. The van der Waals surface area contributed by atoms with E-state index in [1.54, 1.807) is 6.08 Å². The number of rotatable bonds is 2. The molecular formula is C13H18N2O. The first-order valence-corrected chi connectivity index (χ1v) is 4.86. The summed E-state index contributed by atoms with van der Waals surface area (Å²) in [7, 11) is 1.93. The molecular weight excluding hydrogens is 200 g/mol. The topological polar surface area (TPSA) is 31.0 Å². The molecule has 0 aromatic carbocycles. The predicted molar refractivity (Wildman–Crippen MR) is 67.2 cm³/mol. The predicted octanol–water partition coefficient (Wildman–Crippen LogP) is 3.58. The van der Waals surface area contributed by atoms with Gasteiger partial charge in [-0.3, -0.25) is 4.68 Å². The highest BCUT2D eigenvalue weighted by Crippen LogP contribution is 2.26. The summed E-state index contributed by atoms with van der Waals surface area (Å²) in [6.45, 7) is 7.76. The van der Waals surface area contributed by atoms with Crippen LogP contribution in [0.4, 0.5) is 0 Å². The second kappa shape index (κ2) is 4.39. The molecule has 0 saturated heterocycles. The standard InChI is InChI=1S/C12H14N2O.CH4/c1-5-10-6-7-11(15-10)12-8(2)9(3)14(4)13-12;/h5-7H,1H2,2-4H3;1H4. The molecule has 0 atom stereocenters. The van der Waals surface area contributed by atoms with E-state index in [2.05, 4.69) is 11.7 Å². The number of nitrogens with zero attached hydrogens (tertiary/aromatic N) is 2. The van der Waals surface area contributed by atoms with E-state index in [0.717, 1.165) is 28.5 Å². The van der Waals surface area contributed by atoms with E-state index in [-0.39, 0.29) is 7.43 Å². The number of hydrogen-bond acceptors (Lipinski definition) is 2. The summed E-state index contributed by atoms with van der Waals surface area (Å²) >= 11 is 0. The van der Waals surface area contributed by atoms with Crippen LogP contribution in [0.5, 0.6) is 0 Å². The van der Waals surface area contributed by atoms with Crippen molar-refractivity contribution >= 4 is 6.08 Å². The smallest absolute Gasteiger partial charge is 0.155 e. The maximum Gasteiger partial charge on any atom is 0.155 e. The molecule has 0 radical (unpaired) electrons. The van der Waals surface area contributed by atoms with Crippen LogP contribution in [0.25, 0.3) is 17.5 Å². The molecule has 0 aliphatic rings. The lowest BCUT2D eigenvalue weighted by molar-refractivity contribution is 0.567. The molecule has 0 unspecified atom stereocenters. The minimum Gasteiger partial charge on any atom is -0.455 e. The van der Waals surface area contributed by atoms with Gasteiger partial charge in [-0.05, 0) is 32.1 Å². The minimum atomic E-state index is 0. The third-order valence-corrected chi connectivity index (χ3v) is 2.69. The van der Waals surface area contributed by atoms with Crippen molar-refractivity contribution in [1.82, 2.24) is 9.78 Å². The van der Waals surface area contributed by atoms with Crippen LogP contribution in [0.3, 0.4) is 0 Å². The Kier molecular flexibility index (Phi) is 3.38. The van der Waals surface area contributed by atoms with Crippen LogP contribution in [-0.2, 0) is 7.05 Å². The second-order valence-corrected chi connectivity index (χ2v) is 3.59. The Bertz CT molecular complexity index is 506. The van der Waals surface area contributed by atoms with Crippen LogP contribution < -0.4 is 0 Å². The lowest BCUT2D eigenvalue weighted by Crippen LogP contribution is -1.92. The third-order valence-electron chi connectivity index (χ3n) is 2.69. The molecule has 2 heterocycles. The van der Waals surface area contributed by atoms with Gasteiger partial charge in [0.25, 0.3) is 0 Å². The van der Waals surface area contributed by atoms with Gasteiger partial charge in [0.2, 0.25) is 0 Å². The summed E-state index contributed by atoms with van der Waals surface area (Å²) < 4.78 is 7.44. The molecule has 0 N–H and O–H groups in total.